The Morgan fingerprint density at radius 3 is 3.17 bits per heavy atom. The van der Waals surface area contributed by atoms with Crippen LogP contribution in [0.2, 0.25) is 0 Å². The van der Waals surface area contributed by atoms with Gasteiger partial charge in [0.05, 0.1) is 22.0 Å². The van der Waals surface area contributed by atoms with E-state index in [1.54, 1.807) is 12.1 Å². The minimum Gasteiger partial charge on any atom is -0.324 e. The van der Waals surface area contributed by atoms with E-state index in [1.165, 1.54) is 11.8 Å². The van der Waals surface area contributed by atoms with Crippen LogP contribution in [0.3, 0.4) is 0 Å². The zero-order chi connectivity index (χ0) is 8.55. The summed E-state index contributed by atoms with van der Waals surface area (Å²) in [5.74, 6) is 0.432. The van der Waals surface area contributed by atoms with E-state index >= 15 is 0 Å². The minimum atomic E-state index is 0.0121. The van der Waals surface area contributed by atoms with Gasteiger partial charge in [-0.25, -0.2) is 0 Å². The van der Waals surface area contributed by atoms with Gasteiger partial charge in [0.25, 0.3) is 0 Å². The summed E-state index contributed by atoms with van der Waals surface area (Å²) in [5.41, 5.74) is 8.79. The molecule has 1 aliphatic rings. The Hall–Kier alpha value is -1.16. The second kappa shape index (κ2) is 2.71. The third-order valence-corrected chi connectivity index (χ3v) is 2.77. The van der Waals surface area contributed by atoms with Crippen molar-refractivity contribution >= 4 is 29.0 Å². The number of nitrogens with one attached hydrogen (secondary N) is 2. The summed E-state index contributed by atoms with van der Waals surface area (Å²) in [7, 11) is 0. The largest absolute Gasteiger partial charge is 0.324 e. The Balaban J connectivity index is 2.48. The van der Waals surface area contributed by atoms with Gasteiger partial charge in [-0.1, -0.05) is 6.07 Å². The first kappa shape index (κ1) is 7.49. The first-order valence-electron chi connectivity index (χ1n) is 3.54. The van der Waals surface area contributed by atoms with Crippen molar-refractivity contribution in [2.45, 2.75) is 4.90 Å². The first-order valence-corrected chi connectivity index (χ1v) is 4.53. The van der Waals surface area contributed by atoms with Crippen LogP contribution < -0.4 is 11.1 Å². The van der Waals surface area contributed by atoms with E-state index in [-0.39, 0.29) is 5.91 Å². The van der Waals surface area contributed by atoms with Crippen LogP contribution in [0.25, 0.3) is 0 Å². The molecule has 0 spiro atoms. The van der Waals surface area contributed by atoms with Crippen LogP contribution in [-0.2, 0) is 4.79 Å². The van der Waals surface area contributed by atoms with Crippen LogP contribution in [-0.4, -0.2) is 11.7 Å². The van der Waals surface area contributed by atoms with Gasteiger partial charge in [0, 0.05) is 0 Å². The monoisotopic (exact) mass is 179 g/mol. The second-order valence-electron chi connectivity index (χ2n) is 2.52. The highest BCUT2D eigenvalue weighted by molar-refractivity contribution is 8.00. The number of carbonyl (C=O) groups is 1. The number of carbonyl (C=O) groups excluding carboxylic acids is 1. The van der Waals surface area contributed by atoms with Crippen molar-refractivity contribution < 1.29 is 4.79 Å². The van der Waals surface area contributed by atoms with E-state index in [0.29, 0.717) is 11.4 Å². The summed E-state index contributed by atoms with van der Waals surface area (Å²) < 4.78 is 0. The Bertz CT molecular complexity index is 338. The van der Waals surface area contributed by atoms with Gasteiger partial charge in [0.1, 0.15) is 0 Å². The SMILES string of the molecule is [NH]c1cccc2c1SCC(=O)N2. The maximum absolute atomic E-state index is 10.9. The van der Waals surface area contributed by atoms with Gasteiger partial charge < -0.3 is 5.32 Å². The van der Waals surface area contributed by atoms with Crippen molar-refractivity contribution in [1.29, 1.82) is 0 Å². The molecule has 1 radical (unpaired) electrons. The van der Waals surface area contributed by atoms with Crippen molar-refractivity contribution in [3.05, 3.63) is 18.2 Å². The van der Waals surface area contributed by atoms with E-state index in [1.807, 2.05) is 6.07 Å². The molecule has 0 saturated carbocycles. The number of thioether (sulfide) groups is 1. The molecule has 0 aliphatic carbocycles. The van der Waals surface area contributed by atoms with Crippen molar-refractivity contribution in [2.75, 3.05) is 11.1 Å². The molecule has 1 aromatic rings. The summed E-state index contributed by atoms with van der Waals surface area (Å²) in [6, 6.07) is 5.31. The molecule has 2 N–H and O–H groups in total. The van der Waals surface area contributed by atoms with E-state index in [4.69, 9.17) is 5.73 Å². The standard InChI is InChI=1S/C8H7N2OS/c9-5-2-1-3-6-8(5)12-4-7(11)10-6/h1-3,9H,4H2,(H,10,11). The Kier molecular flexibility index (Phi) is 1.69. The first-order chi connectivity index (χ1) is 5.77. The fourth-order valence-corrected chi connectivity index (χ4v) is 1.96. The minimum absolute atomic E-state index is 0.0121. The highest BCUT2D eigenvalue weighted by atomic mass is 32.2. The molecule has 1 aliphatic heterocycles. The topological polar surface area (TPSA) is 52.9 Å². The zero-order valence-electron chi connectivity index (χ0n) is 6.26. The highest BCUT2D eigenvalue weighted by Gasteiger charge is 2.16. The molecule has 12 heavy (non-hydrogen) atoms. The number of rotatable bonds is 0. The number of amides is 1. The number of hydrogen-bond acceptors (Lipinski definition) is 2. The van der Waals surface area contributed by atoms with E-state index in [2.05, 4.69) is 5.32 Å². The van der Waals surface area contributed by atoms with Gasteiger partial charge in [-0.2, -0.15) is 0 Å². The second-order valence-corrected chi connectivity index (χ2v) is 3.50. The third kappa shape index (κ3) is 1.14. The van der Waals surface area contributed by atoms with Crippen molar-refractivity contribution in [1.82, 2.24) is 5.73 Å². The molecule has 0 fully saturated rings. The maximum atomic E-state index is 10.9. The molecule has 1 heterocycles. The lowest BCUT2D eigenvalue weighted by molar-refractivity contribution is -0.113. The van der Waals surface area contributed by atoms with Gasteiger partial charge in [-0.3, -0.25) is 10.5 Å². The lowest BCUT2D eigenvalue weighted by atomic mass is 10.3. The summed E-state index contributed by atoms with van der Waals surface area (Å²) >= 11 is 1.42. The molecular formula is C8H7N2OS. The van der Waals surface area contributed by atoms with Crippen molar-refractivity contribution in [3.63, 3.8) is 0 Å². The van der Waals surface area contributed by atoms with Crippen LogP contribution in [0.1, 0.15) is 0 Å². The molecule has 2 rings (SSSR count). The zero-order valence-corrected chi connectivity index (χ0v) is 7.07. The van der Waals surface area contributed by atoms with Crippen LogP contribution in [0.4, 0.5) is 11.4 Å². The van der Waals surface area contributed by atoms with Crippen LogP contribution >= 0.6 is 11.8 Å². The molecule has 0 aromatic heterocycles. The summed E-state index contributed by atoms with van der Waals surface area (Å²) in [6.07, 6.45) is 0. The van der Waals surface area contributed by atoms with Crippen LogP contribution in [0.15, 0.2) is 23.1 Å². The molecule has 0 saturated heterocycles. The Morgan fingerprint density at radius 2 is 2.33 bits per heavy atom. The van der Waals surface area contributed by atoms with Crippen LogP contribution in [0.5, 0.6) is 0 Å². The van der Waals surface area contributed by atoms with E-state index in [0.717, 1.165) is 10.6 Å². The summed E-state index contributed by atoms with van der Waals surface area (Å²) in [5, 5.41) is 2.72. The van der Waals surface area contributed by atoms with Gasteiger partial charge in [0.15, 0.2) is 0 Å². The van der Waals surface area contributed by atoms with Gasteiger partial charge in [-0.05, 0) is 12.1 Å². The fraction of sp³-hybridized carbons (Fsp3) is 0.125. The quantitative estimate of drug-likeness (QED) is 0.658. The third-order valence-electron chi connectivity index (χ3n) is 1.64. The molecule has 0 unspecified atom stereocenters. The molecule has 1 amide bonds. The average Bonchev–Trinajstić information content (AvgIpc) is 2.04. The number of benzene rings is 1. The molecule has 4 heteroatoms. The van der Waals surface area contributed by atoms with Gasteiger partial charge in [0.2, 0.25) is 5.91 Å². The van der Waals surface area contributed by atoms with Gasteiger partial charge in [-0.15, -0.1) is 11.8 Å². The maximum Gasteiger partial charge on any atom is 0.234 e. The Labute approximate surface area is 74.3 Å². The lowest BCUT2D eigenvalue weighted by Gasteiger charge is -2.16. The highest BCUT2D eigenvalue weighted by Crippen LogP contribution is 2.36. The summed E-state index contributed by atoms with van der Waals surface area (Å²) in [4.78, 5) is 11.8. The number of fused-ring (bicyclic) bond motifs is 1. The predicted molar refractivity (Wildman–Crippen MR) is 48.6 cm³/mol. The molecular weight excluding hydrogens is 172 g/mol. The lowest BCUT2D eigenvalue weighted by Crippen LogP contribution is -2.18. The van der Waals surface area contributed by atoms with Crippen molar-refractivity contribution in [2.24, 2.45) is 0 Å². The summed E-state index contributed by atoms with van der Waals surface area (Å²) in [6.45, 7) is 0. The smallest absolute Gasteiger partial charge is 0.234 e. The van der Waals surface area contributed by atoms with Gasteiger partial charge >= 0.3 is 0 Å². The van der Waals surface area contributed by atoms with E-state index < -0.39 is 0 Å². The number of hydrogen-bond donors (Lipinski definition) is 1. The normalized spacial score (nSPS) is 15.2. The fourth-order valence-electron chi connectivity index (χ4n) is 1.11. The molecule has 0 atom stereocenters. The molecule has 3 nitrogen and oxygen atoms in total. The predicted octanol–water partition coefficient (Wildman–Crippen LogP) is 1.65. The van der Waals surface area contributed by atoms with Crippen molar-refractivity contribution in [3.8, 4) is 0 Å². The molecule has 1 aromatic carbocycles. The van der Waals surface area contributed by atoms with Crippen LogP contribution in [0, 0.1) is 0 Å². The average molecular weight is 179 g/mol. The van der Waals surface area contributed by atoms with E-state index in [9.17, 15) is 4.79 Å². The Morgan fingerprint density at radius 1 is 1.50 bits per heavy atom. The molecule has 0 bridgehead atoms. The molecule has 61 valence electrons. The number of anilines is 1.